The lowest BCUT2D eigenvalue weighted by Gasteiger charge is -2.07. The maximum Gasteiger partial charge on any atom is 0.161 e. The Balaban J connectivity index is 1.47. The lowest BCUT2D eigenvalue weighted by molar-refractivity contribution is 0.373. The van der Waals surface area contributed by atoms with Crippen LogP contribution in [0.3, 0.4) is 0 Å². The van der Waals surface area contributed by atoms with E-state index in [1.165, 1.54) is 19.0 Å². The first-order chi connectivity index (χ1) is 17.1. The molecule has 3 N–H and O–H groups in total. The molecule has 0 aliphatic carbocycles. The number of phenols is 1. The van der Waals surface area contributed by atoms with E-state index >= 15 is 0 Å². The molecule has 0 atom stereocenters. The number of anilines is 1. The third kappa shape index (κ3) is 3.61. The van der Waals surface area contributed by atoms with E-state index in [0.717, 1.165) is 33.3 Å². The van der Waals surface area contributed by atoms with Gasteiger partial charge in [0.25, 0.3) is 0 Å². The van der Waals surface area contributed by atoms with Crippen molar-refractivity contribution in [1.82, 2.24) is 24.4 Å². The van der Waals surface area contributed by atoms with Gasteiger partial charge < -0.3 is 15.6 Å². The number of fused-ring (bicyclic) bond motifs is 2. The van der Waals surface area contributed by atoms with E-state index in [4.69, 9.17) is 15.6 Å². The van der Waals surface area contributed by atoms with E-state index in [1.54, 1.807) is 16.6 Å². The molecule has 6 aromatic rings. The summed E-state index contributed by atoms with van der Waals surface area (Å²) in [4.78, 5) is 4.22. The molecule has 0 unspecified atom stereocenters. The quantitative estimate of drug-likeness (QED) is 0.383. The summed E-state index contributed by atoms with van der Waals surface area (Å²) in [5.74, 6) is 0.830. The summed E-state index contributed by atoms with van der Waals surface area (Å²) in [6.07, 6.45) is 3.48. The van der Waals surface area contributed by atoms with Crippen molar-refractivity contribution < 1.29 is 9.84 Å². The molecule has 3 aromatic heterocycles. The Morgan fingerprint density at radius 2 is 1.80 bits per heavy atom. The van der Waals surface area contributed by atoms with Crippen LogP contribution in [-0.4, -0.2) is 36.6 Å². The Labute approximate surface area is 200 Å². The van der Waals surface area contributed by atoms with E-state index < -0.39 is 0 Å². The maximum atomic E-state index is 10.0. The number of rotatable bonds is 5. The molecule has 0 saturated heterocycles. The summed E-state index contributed by atoms with van der Waals surface area (Å²) in [6.45, 7) is 0.702. The molecule has 3 heterocycles. The van der Waals surface area contributed by atoms with Crippen LogP contribution in [0, 0.1) is 0 Å². The van der Waals surface area contributed by atoms with Crippen molar-refractivity contribution >= 4 is 22.2 Å². The second-order valence-corrected chi connectivity index (χ2v) is 8.32. The van der Waals surface area contributed by atoms with Gasteiger partial charge in [-0.2, -0.15) is 10.2 Å². The van der Waals surface area contributed by atoms with Crippen molar-refractivity contribution in [2.24, 2.45) is 0 Å². The number of ether oxygens (including phenoxy) is 1. The second-order valence-electron chi connectivity index (χ2n) is 8.32. The second kappa shape index (κ2) is 8.18. The fourth-order valence-corrected chi connectivity index (χ4v) is 4.42. The molecule has 0 aliphatic rings. The lowest BCUT2D eigenvalue weighted by Crippen LogP contribution is -2.00. The van der Waals surface area contributed by atoms with Gasteiger partial charge in [0.05, 0.1) is 24.9 Å². The van der Waals surface area contributed by atoms with Gasteiger partial charge in [-0.1, -0.05) is 42.5 Å². The minimum absolute atomic E-state index is 0.0722. The zero-order valence-corrected chi connectivity index (χ0v) is 19.0. The topological polar surface area (TPSA) is 103 Å². The molecule has 35 heavy (non-hydrogen) atoms. The minimum Gasteiger partial charge on any atom is -0.504 e. The maximum absolute atomic E-state index is 10.0. The molecule has 3 aromatic carbocycles. The smallest absolute Gasteiger partial charge is 0.161 e. The number of nitrogens with zero attached hydrogens (tertiary/aromatic N) is 5. The summed E-state index contributed by atoms with van der Waals surface area (Å²) in [7, 11) is 1.52. The predicted octanol–water partition coefficient (Wildman–Crippen LogP) is 4.76. The van der Waals surface area contributed by atoms with Crippen molar-refractivity contribution in [2.75, 3.05) is 12.8 Å². The highest BCUT2D eigenvalue weighted by molar-refractivity contribution is 5.95. The van der Waals surface area contributed by atoms with E-state index in [1.807, 2.05) is 35.0 Å². The number of methoxy groups -OCH3 is 1. The third-order valence-electron chi connectivity index (χ3n) is 6.11. The summed E-state index contributed by atoms with van der Waals surface area (Å²) >= 11 is 0. The fraction of sp³-hybridized carbons (Fsp3) is 0.0741. The number of aromatic nitrogens is 5. The molecular weight excluding hydrogens is 440 g/mol. The van der Waals surface area contributed by atoms with Crippen LogP contribution < -0.4 is 10.5 Å². The van der Waals surface area contributed by atoms with E-state index in [2.05, 4.69) is 46.6 Å². The molecule has 8 heteroatoms. The lowest BCUT2D eigenvalue weighted by atomic mass is 10.0. The van der Waals surface area contributed by atoms with Gasteiger partial charge in [-0.05, 0) is 41.5 Å². The Hall–Kier alpha value is -4.85. The largest absolute Gasteiger partial charge is 0.504 e. The summed E-state index contributed by atoms with van der Waals surface area (Å²) in [5, 5.41) is 20.3. The van der Waals surface area contributed by atoms with Gasteiger partial charge in [0, 0.05) is 22.7 Å². The molecule has 0 spiro atoms. The Morgan fingerprint density at radius 3 is 2.63 bits per heavy atom. The van der Waals surface area contributed by atoms with Gasteiger partial charge in [-0.25, -0.2) is 9.50 Å². The average Bonchev–Trinajstić information content (AvgIpc) is 3.46. The Kier molecular flexibility index (Phi) is 4.84. The van der Waals surface area contributed by atoms with Crippen LogP contribution in [0.2, 0.25) is 0 Å². The SMILES string of the molecule is COc1cc(-c2cc(-c3ccc4cn(Cc5ccccc5)nc4c3)c3c(N)ncnn23)ccc1O. The minimum atomic E-state index is 0.0722. The Bertz CT molecular complexity index is 1690. The first-order valence-electron chi connectivity index (χ1n) is 11.1. The molecule has 8 nitrogen and oxygen atoms in total. The first kappa shape index (κ1) is 20.7. The number of benzene rings is 3. The molecule has 172 valence electrons. The number of nitrogens with two attached hydrogens (primary N) is 1. The number of nitrogen functional groups attached to an aromatic ring is 1. The molecule has 0 amide bonds. The van der Waals surface area contributed by atoms with Crippen molar-refractivity contribution in [2.45, 2.75) is 6.54 Å². The predicted molar refractivity (Wildman–Crippen MR) is 135 cm³/mol. The van der Waals surface area contributed by atoms with Crippen molar-refractivity contribution in [3.05, 3.63) is 90.9 Å². The molecule has 6 rings (SSSR count). The average molecular weight is 463 g/mol. The summed E-state index contributed by atoms with van der Waals surface area (Å²) in [6, 6.07) is 23.6. The highest BCUT2D eigenvalue weighted by Crippen LogP contribution is 2.38. The van der Waals surface area contributed by atoms with Gasteiger partial charge in [-0.15, -0.1) is 0 Å². The molecule has 0 bridgehead atoms. The summed E-state index contributed by atoms with van der Waals surface area (Å²) in [5.41, 5.74) is 12.6. The van der Waals surface area contributed by atoms with Crippen molar-refractivity contribution in [3.63, 3.8) is 0 Å². The van der Waals surface area contributed by atoms with Crippen LogP contribution in [0.25, 0.3) is 38.8 Å². The van der Waals surface area contributed by atoms with Crippen LogP contribution in [0.1, 0.15) is 5.56 Å². The Morgan fingerprint density at radius 1 is 0.971 bits per heavy atom. The van der Waals surface area contributed by atoms with Gasteiger partial charge >= 0.3 is 0 Å². The van der Waals surface area contributed by atoms with E-state index in [0.29, 0.717) is 23.6 Å². The van der Waals surface area contributed by atoms with Crippen molar-refractivity contribution in [1.29, 1.82) is 0 Å². The number of hydrogen-bond acceptors (Lipinski definition) is 6. The van der Waals surface area contributed by atoms with Crippen LogP contribution in [0.5, 0.6) is 11.5 Å². The molecule has 0 fully saturated rings. The third-order valence-corrected chi connectivity index (χ3v) is 6.11. The first-order valence-corrected chi connectivity index (χ1v) is 11.1. The van der Waals surface area contributed by atoms with Crippen LogP contribution in [-0.2, 0) is 6.54 Å². The number of aromatic hydroxyl groups is 1. The van der Waals surface area contributed by atoms with Crippen LogP contribution in [0.15, 0.2) is 85.3 Å². The van der Waals surface area contributed by atoms with Gasteiger partial charge in [-0.3, -0.25) is 4.68 Å². The number of hydrogen-bond donors (Lipinski definition) is 2. The highest BCUT2D eigenvalue weighted by atomic mass is 16.5. The normalized spacial score (nSPS) is 11.3. The molecule has 0 radical (unpaired) electrons. The van der Waals surface area contributed by atoms with Crippen LogP contribution in [0.4, 0.5) is 5.82 Å². The summed E-state index contributed by atoms with van der Waals surface area (Å²) < 4.78 is 9.02. The monoisotopic (exact) mass is 462 g/mol. The fourth-order valence-electron chi connectivity index (χ4n) is 4.42. The van der Waals surface area contributed by atoms with Gasteiger partial charge in [0.2, 0.25) is 0 Å². The van der Waals surface area contributed by atoms with Crippen LogP contribution >= 0.6 is 0 Å². The van der Waals surface area contributed by atoms with E-state index in [-0.39, 0.29) is 5.75 Å². The van der Waals surface area contributed by atoms with Crippen molar-refractivity contribution in [3.8, 4) is 33.9 Å². The standard InChI is InChI=1S/C27H22N6O2/c1-35-25-12-19(9-10-24(25)34)23-13-21(26-27(28)29-16-30-33(23)26)18-7-8-20-15-32(31-22(20)11-18)14-17-5-3-2-4-6-17/h2-13,15-16,34H,14H2,1H3,(H2,28,29,30). The molecule has 0 aliphatic heterocycles. The van der Waals surface area contributed by atoms with E-state index in [9.17, 15) is 5.11 Å². The van der Waals surface area contributed by atoms with Gasteiger partial charge in [0.15, 0.2) is 17.3 Å². The highest BCUT2D eigenvalue weighted by Gasteiger charge is 2.18. The molecular formula is C27H22N6O2. The van der Waals surface area contributed by atoms with Gasteiger partial charge in [0.1, 0.15) is 11.8 Å². The zero-order chi connectivity index (χ0) is 23.9. The zero-order valence-electron chi connectivity index (χ0n) is 19.0. The molecule has 0 saturated carbocycles. The number of phenolic OH excluding ortho intramolecular Hbond substituents is 1.